The first kappa shape index (κ1) is 12.4. The van der Waals surface area contributed by atoms with Gasteiger partial charge in [-0.2, -0.15) is 17.0 Å². The maximum atomic E-state index is 11.6. The Morgan fingerprint density at radius 1 is 1.67 bits per heavy atom. The molecule has 1 rings (SSSR count). The van der Waals surface area contributed by atoms with Gasteiger partial charge in [0, 0.05) is 11.8 Å². The second kappa shape index (κ2) is 6.02. The average Bonchev–Trinajstić information content (AvgIpc) is 2.67. The monoisotopic (exact) mass is 226 g/mol. The van der Waals surface area contributed by atoms with E-state index in [4.69, 9.17) is 5.26 Å². The molecule has 4 heteroatoms. The average molecular weight is 226 g/mol. The third-order valence-corrected chi connectivity index (χ3v) is 4.01. The zero-order valence-corrected chi connectivity index (χ0v) is 10.1. The third kappa shape index (κ3) is 3.75. The Kier molecular flexibility index (Phi) is 4.97. The zero-order chi connectivity index (χ0) is 11.3. The highest BCUT2D eigenvalue weighted by Gasteiger charge is 2.23. The maximum Gasteiger partial charge on any atom is 0.237 e. The molecule has 15 heavy (non-hydrogen) atoms. The summed E-state index contributed by atoms with van der Waals surface area (Å²) in [6.07, 6.45) is 2.43. The second-order valence-electron chi connectivity index (χ2n) is 4.23. The summed E-state index contributed by atoms with van der Waals surface area (Å²) in [4.78, 5) is 11.6. The van der Waals surface area contributed by atoms with E-state index in [9.17, 15) is 4.79 Å². The fourth-order valence-corrected chi connectivity index (χ4v) is 2.84. The van der Waals surface area contributed by atoms with Crippen LogP contribution in [0.15, 0.2) is 0 Å². The van der Waals surface area contributed by atoms with Crippen LogP contribution in [0.4, 0.5) is 0 Å². The number of amides is 1. The third-order valence-electron chi connectivity index (χ3n) is 2.62. The molecule has 1 saturated heterocycles. The van der Waals surface area contributed by atoms with E-state index in [0.717, 1.165) is 0 Å². The van der Waals surface area contributed by atoms with Crippen molar-refractivity contribution in [2.75, 3.05) is 12.3 Å². The Bertz CT molecular complexity index is 254. The number of hydrogen-bond donors (Lipinski definition) is 1. The van der Waals surface area contributed by atoms with Crippen LogP contribution in [0.3, 0.4) is 0 Å². The molecule has 0 saturated carbocycles. The van der Waals surface area contributed by atoms with Crippen LogP contribution in [0.1, 0.15) is 26.7 Å². The first-order valence-corrected chi connectivity index (χ1v) is 6.49. The minimum absolute atomic E-state index is 0.0891. The first-order chi connectivity index (χ1) is 7.15. The van der Waals surface area contributed by atoms with Gasteiger partial charge in [-0.3, -0.25) is 4.79 Å². The van der Waals surface area contributed by atoms with E-state index < -0.39 is 5.92 Å². The molecular formula is C11H18N2OS. The molecule has 0 aromatic carbocycles. The normalized spacial score (nSPS) is 22.4. The van der Waals surface area contributed by atoms with Crippen LogP contribution in [0.2, 0.25) is 0 Å². The van der Waals surface area contributed by atoms with Gasteiger partial charge in [0.05, 0.1) is 6.07 Å². The van der Waals surface area contributed by atoms with Crippen molar-refractivity contribution in [1.82, 2.24) is 5.32 Å². The molecule has 1 aliphatic heterocycles. The Balaban J connectivity index is 2.31. The van der Waals surface area contributed by atoms with Crippen LogP contribution in [0.25, 0.3) is 0 Å². The highest BCUT2D eigenvalue weighted by atomic mass is 32.2. The highest BCUT2D eigenvalue weighted by Crippen LogP contribution is 2.25. The van der Waals surface area contributed by atoms with Crippen LogP contribution in [0.5, 0.6) is 0 Å². The Morgan fingerprint density at radius 2 is 2.40 bits per heavy atom. The Labute approximate surface area is 95.6 Å². The predicted molar refractivity (Wildman–Crippen MR) is 62.4 cm³/mol. The second-order valence-corrected chi connectivity index (χ2v) is 5.64. The standard InChI is InChI=1S/C11H18N2OS/c1-8(2)10(6-12)11(14)13-7-9-4-3-5-15-9/h8-10H,3-5,7H2,1-2H3,(H,13,14). The molecular weight excluding hydrogens is 208 g/mol. The van der Waals surface area contributed by atoms with Crippen LogP contribution < -0.4 is 5.32 Å². The summed E-state index contributed by atoms with van der Waals surface area (Å²) >= 11 is 1.91. The van der Waals surface area contributed by atoms with Gasteiger partial charge in [0.2, 0.25) is 5.91 Å². The van der Waals surface area contributed by atoms with Crippen LogP contribution >= 0.6 is 11.8 Å². The number of hydrogen-bond acceptors (Lipinski definition) is 3. The van der Waals surface area contributed by atoms with Gasteiger partial charge in [0.25, 0.3) is 0 Å². The number of carbonyl (C=O) groups excluding carboxylic acids is 1. The van der Waals surface area contributed by atoms with Crippen molar-refractivity contribution in [1.29, 1.82) is 5.26 Å². The van der Waals surface area contributed by atoms with Crippen LogP contribution in [-0.2, 0) is 4.79 Å². The molecule has 1 heterocycles. The highest BCUT2D eigenvalue weighted by molar-refractivity contribution is 8.00. The summed E-state index contributed by atoms with van der Waals surface area (Å²) in [5.41, 5.74) is 0. The maximum absolute atomic E-state index is 11.6. The SMILES string of the molecule is CC(C)C(C#N)C(=O)NCC1CCCS1. The van der Waals surface area contributed by atoms with Crippen LogP contribution in [0, 0.1) is 23.2 Å². The molecule has 0 spiro atoms. The number of rotatable bonds is 4. The molecule has 84 valence electrons. The zero-order valence-electron chi connectivity index (χ0n) is 9.32. The van der Waals surface area contributed by atoms with Crippen molar-refractivity contribution in [3.05, 3.63) is 0 Å². The molecule has 0 aromatic heterocycles. The number of thioether (sulfide) groups is 1. The number of nitriles is 1. The molecule has 0 aromatic rings. The smallest absolute Gasteiger partial charge is 0.237 e. The van der Waals surface area contributed by atoms with E-state index >= 15 is 0 Å². The summed E-state index contributed by atoms with van der Waals surface area (Å²) in [5.74, 6) is 0.675. The molecule has 0 aliphatic carbocycles. The van der Waals surface area contributed by atoms with Gasteiger partial charge in [-0.25, -0.2) is 0 Å². The molecule has 0 radical (unpaired) electrons. The molecule has 3 nitrogen and oxygen atoms in total. The molecule has 2 atom stereocenters. The lowest BCUT2D eigenvalue weighted by Gasteiger charge is -2.15. The number of nitrogens with one attached hydrogen (secondary N) is 1. The lowest BCUT2D eigenvalue weighted by atomic mass is 9.97. The van der Waals surface area contributed by atoms with E-state index in [2.05, 4.69) is 11.4 Å². The van der Waals surface area contributed by atoms with Crippen LogP contribution in [-0.4, -0.2) is 23.5 Å². The molecule has 1 fully saturated rings. The van der Waals surface area contributed by atoms with Gasteiger partial charge in [-0.1, -0.05) is 13.8 Å². The van der Waals surface area contributed by atoms with E-state index in [1.54, 1.807) is 0 Å². The molecule has 1 N–H and O–H groups in total. The van der Waals surface area contributed by atoms with E-state index in [0.29, 0.717) is 11.8 Å². The number of nitrogens with zero attached hydrogens (tertiary/aromatic N) is 1. The summed E-state index contributed by atoms with van der Waals surface area (Å²) in [7, 11) is 0. The van der Waals surface area contributed by atoms with Crippen molar-refractivity contribution < 1.29 is 4.79 Å². The lowest BCUT2D eigenvalue weighted by Crippen LogP contribution is -2.36. The van der Waals surface area contributed by atoms with Gasteiger partial charge in [0.1, 0.15) is 5.92 Å². The van der Waals surface area contributed by atoms with Gasteiger partial charge < -0.3 is 5.32 Å². The summed E-state index contributed by atoms with van der Waals surface area (Å²) in [6, 6.07) is 2.06. The quantitative estimate of drug-likeness (QED) is 0.795. The first-order valence-electron chi connectivity index (χ1n) is 5.44. The minimum Gasteiger partial charge on any atom is -0.354 e. The van der Waals surface area contributed by atoms with E-state index in [-0.39, 0.29) is 11.8 Å². The van der Waals surface area contributed by atoms with Gasteiger partial charge in [-0.05, 0) is 24.5 Å². The van der Waals surface area contributed by atoms with E-state index in [1.165, 1.54) is 18.6 Å². The molecule has 2 unspecified atom stereocenters. The lowest BCUT2D eigenvalue weighted by molar-refractivity contribution is -0.124. The largest absolute Gasteiger partial charge is 0.354 e. The Morgan fingerprint density at radius 3 is 2.87 bits per heavy atom. The fraction of sp³-hybridized carbons (Fsp3) is 0.818. The van der Waals surface area contributed by atoms with Gasteiger partial charge in [-0.15, -0.1) is 0 Å². The van der Waals surface area contributed by atoms with Crippen molar-refractivity contribution >= 4 is 17.7 Å². The number of carbonyl (C=O) groups is 1. The Hall–Kier alpha value is -0.690. The topological polar surface area (TPSA) is 52.9 Å². The minimum atomic E-state index is -0.503. The van der Waals surface area contributed by atoms with Crippen molar-refractivity contribution in [2.24, 2.45) is 11.8 Å². The van der Waals surface area contributed by atoms with Gasteiger partial charge >= 0.3 is 0 Å². The summed E-state index contributed by atoms with van der Waals surface area (Å²) < 4.78 is 0. The fourth-order valence-electron chi connectivity index (χ4n) is 1.64. The molecule has 0 bridgehead atoms. The van der Waals surface area contributed by atoms with Crippen molar-refractivity contribution in [2.45, 2.75) is 31.9 Å². The molecule has 1 amide bonds. The van der Waals surface area contributed by atoms with E-state index in [1.807, 2.05) is 25.6 Å². The summed E-state index contributed by atoms with van der Waals surface area (Å²) in [6.45, 7) is 4.52. The van der Waals surface area contributed by atoms with Crippen molar-refractivity contribution in [3.63, 3.8) is 0 Å². The van der Waals surface area contributed by atoms with Gasteiger partial charge in [0.15, 0.2) is 0 Å². The predicted octanol–water partition coefficient (Wildman–Crippen LogP) is 1.79. The molecule has 1 aliphatic rings. The van der Waals surface area contributed by atoms with Crippen molar-refractivity contribution in [3.8, 4) is 6.07 Å². The summed E-state index contributed by atoms with van der Waals surface area (Å²) in [5, 5.41) is 12.3.